The molecule has 27 heavy (non-hydrogen) atoms. The third-order valence-corrected chi connectivity index (χ3v) is 7.27. The lowest BCUT2D eigenvalue weighted by Crippen LogP contribution is -2.43. The van der Waals surface area contributed by atoms with Gasteiger partial charge in [-0.25, -0.2) is 8.42 Å². The monoisotopic (exact) mass is 393 g/mol. The Morgan fingerprint density at radius 2 is 1.63 bits per heavy atom. The van der Waals surface area contributed by atoms with E-state index in [1.807, 2.05) is 0 Å². The zero-order valence-corrected chi connectivity index (χ0v) is 16.5. The van der Waals surface area contributed by atoms with Crippen LogP contribution in [0.15, 0.2) is 29.2 Å². The number of carbonyl (C=O) groups is 2. The Balaban J connectivity index is 1.55. The predicted molar refractivity (Wildman–Crippen MR) is 102 cm³/mol. The van der Waals surface area contributed by atoms with E-state index in [-0.39, 0.29) is 23.3 Å². The first kappa shape index (κ1) is 19.8. The summed E-state index contributed by atoms with van der Waals surface area (Å²) in [5.41, 5.74) is 0.343. The molecule has 1 N–H and O–H groups in total. The molecule has 8 heteroatoms. The van der Waals surface area contributed by atoms with E-state index < -0.39 is 10.0 Å². The van der Waals surface area contributed by atoms with Crippen LogP contribution in [0.1, 0.15) is 43.0 Å². The number of likely N-dealkylation sites (tertiary alicyclic amines) is 1. The Bertz CT molecular complexity index is 778. The van der Waals surface area contributed by atoms with Crippen LogP contribution in [0, 0.1) is 5.92 Å². The molecule has 1 aromatic rings. The minimum Gasteiger partial charge on any atom is -0.343 e. The third-order valence-electron chi connectivity index (χ3n) is 5.36. The van der Waals surface area contributed by atoms with Gasteiger partial charge in [0, 0.05) is 31.7 Å². The molecule has 148 valence electrons. The first-order valence-corrected chi connectivity index (χ1v) is 11.0. The van der Waals surface area contributed by atoms with Crippen LogP contribution in [0.3, 0.4) is 0 Å². The van der Waals surface area contributed by atoms with Crippen LogP contribution in [-0.2, 0) is 14.8 Å². The number of hydrogen-bond donors (Lipinski definition) is 1. The molecule has 0 radical (unpaired) electrons. The van der Waals surface area contributed by atoms with Crippen molar-refractivity contribution < 1.29 is 18.0 Å². The second-order valence-electron chi connectivity index (χ2n) is 7.38. The van der Waals surface area contributed by atoms with E-state index in [2.05, 4.69) is 12.2 Å². The van der Waals surface area contributed by atoms with Crippen molar-refractivity contribution in [3.8, 4) is 0 Å². The molecule has 2 heterocycles. The number of nitrogens with one attached hydrogen (secondary N) is 1. The van der Waals surface area contributed by atoms with E-state index in [0.29, 0.717) is 24.6 Å². The number of carbonyl (C=O) groups excluding carboxylic acids is 2. The van der Waals surface area contributed by atoms with Crippen LogP contribution >= 0.6 is 0 Å². The van der Waals surface area contributed by atoms with E-state index >= 15 is 0 Å². The topological polar surface area (TPSA) is 86.8 Å². The van der Waals surface area contributed by atoms with Gasteiger partial charge in [-0.05, 0) is 55.9 Å². The first-order chi connectivity index (χ1) is 12.9. The van der Waals surface area contributed by atoms with Gasteiger partial charge in [-0.15, -0.1) is 0 Å². The molecule has 2 aliphatic heterocycles. The van der Waals surface area contributed by atoms with Crippen molar-refractivity contribution in [1.29, 1.82) is 0 Å². The molecule has 0 spiro atoms. The van der Waals surface area contributed by atoms with Crippen molar-refractivity contribution in [2.45, 2.75) is 37.5 Å². The highest BCUT2D eigenvalue weighted by Crippen LogP contribution is 2.21. The molecule has 0 aromatic heterocycles. The van der Waals surface area contributed by atoms with Crippen molar-refractivity contribution in [2.24, 2.45) is 5.92 Å². The van der Waals surface area contributed by atoms with E-state index in [1.54, 1.807) is 4.90 Å². The second kappa shape index (κ2) is 8.39. The third kappa shape index (κ3) is 4.68. The smallest absolute Gasteiger partial charge is 0.251 e. The van der Waals surface area contributed by atoms with Gasteiger partial charge in [0.05, 0.1) is 11.4 Å². The average Bonchev–Trinajstić information content (AvgIpc) is 3.22. The van der Waals surface area contributed by atoms with Gasteiger partial charge in [0.1, 0.15) is 0 Å². The number of rotatable bonds is 5. The standard InChI is InChI=1S/C19H27N3O4S/c1-15-8-12-21(13-9-15)18(23)14-20-19(24)16-4-6-17(7-5-16)27(25,26)22-10-2-3-11-22/h4-7,15H,2-3,8-14H2,1H3,(H,20,24). The van der Waals surface area contributed by atoms with Gasteiger partial charge in [0.2, 0.25) is 15.9 Å². The Kier molecular flexibility index (Phi) is 6.16. The number of sulfonamides is 1. The Morgan fingerprint density at radius 3 is 2.22 bits per heavy atom. The molecule has 2 saturated heterocycles. The molecule has 7 nitrogen and oxygen atoms in total. The largest absolute Gasteiger partial charge is 0.343 e. The van der Waals surface area contributed by atoms with Crippen LogP contribution < -0.4 is 5.32 Å². The van der Waals surface area contributed by atoms with E-state index in [0.717, 1.165) is 38.8 Å². The lowest BCUT2D eigenvalue weighted by molar-refractivity contribution is -0.131. The molecule has 2 aliphatic rings. The van der Waals surface area contributed by atoms with E-state index in [1.165, 1.54) is 28.6 Å². The fourth-order valence-electron chi connectivity index (χ4n) is 3.48. The first-order valence-electron chi connectivity index (χ1n) is 9.54. The van der Waals surface area contributed by atoms with E-state index in [4.69, 9.17) is 0 Å². The minimum atomic E-state index is -3.49. The Hall–Kier alpha value is -1.93. The Morgan fingerprint density at radius 1 is 1.04 bits per heavy atom. The van der Waals surface area contributed by atoms with Gasteiger partial charge in [0.15, 0.2) is 0 Å². The SMILES string of the molecule is CC1CCN(C(=O)CNC(=O)c2ccc(S(=O)(=O)N3CCCC3)cc2)CC1. The summed E-state index contributed by atoms with van der Waals surface area (Å²) in [5.74, 6) is 0.182. The maximum absolute atomic E-state index is 12.5. The molecule has 3 rings (SSSR count). The van der Waals surface area contributed by atoms with Gasteiger partial charge < -0.3 is 10.2 Å². The highest BCUT2D eigenvalue weighted by Gasteiger charge is 2.27. The van der Waals surface area contributed by atoms with Crippen LogP contribution in [0.25, 0.3) is 0 Å². The number of benzene rings is 1. The Labute approximate surface area is 160 Å². The highest BCUT2D eigenvalue weighted by atomic mass is 32.2. The van der Waals surface area contributed by atoms with E-state index in [9.17, 15) is 18.0 Å². The predicted octanol–water partition coefficient (Wildman–Crippen LogP) is 1.46. The van der Waals surface area contributed by atoms with Crippen molar-refractivity contribution in [2.75, 3.05) is 32.7 Å². The zero-order valence-electron chi connectivity index (χ0n) is 15.7. The van der Waals surface area contributed by atoms with Gasteiger partial charge >= 0.3 is 0 Å². The number of piperidine rings is 1. The normalized spacial score (nSPS) is 19.2. The molecule has 2 fully saturated rings. The fraction of sp³-hybridized carbons (Fsp3) is 0.579. The van der Waals surface area contributed by atoms with Crippen molar-refractivity contribution in [1.82, 2.24) is 14.5 Å². The minimum absolute atomic E-state index is 0.0406. The molecular formula is C19H27N3O4S. The molecule has 1 aromatic carbocycles. The molecule has 2 amide bonds. The van der Waals surface area contributed by atoms with Gasteiger partial charge in [-0.3, -0.25) is 9.59 Å². The molecule has 0 aliphatic carbocycles. The zero-order chi connectivity index (χ0) is 19.4. The summed E-state index contributed by atoms with van der Waals surface area (Å²) < 4.78 is 26.5. The second-order valence-corrected chi connectivity index (χ2v) is 9.32. The van der Waals surface area contributed by atoms with Gasteiger partial charge in [0.25, 0.3) is 5.91 Å². The molecule has 0 bridgehead atoms. The summed E-state index contributed by atoms with van der Waals surface area (Å²) in [6.45, 7) is 4.69. The summed E-state index contributed by atoms with van der Waals surface area (Å²) >= 11 is 0. The molecule has 0 atom stereocenters. The summed E-state index contributed by atoms with van der Waals surface area (Å²) in [6.07, 6.45) is 3.74. The number of hydrogen-bond acceptors (Lipinski definition) is 4. The van der Waals surface area contributed by atoms with Crippen LogP contribution in [-0.4, -0.2) is 62.2 Å². The fourth-order valence-corrected chi connectivity index (χ4v) is 5.00. The maximum Gasteiger partial charge on any atom is 0.251 e. The summed E-state index contributed by atoms with van der Waals surface area (Å²) in [5, 5.41) is 2.63. The van der Waals surface area contributed by atoms with Crippen LogP contribution in [0.5, 0.6) is 0 Å². The molecular weight excluding hydrogens is 366 g/mol. The maximum atomic E-state index is 12.5. The molecule has 0 saturated carbocycles. The summed E-state index contributed by atoms with van der Waals surface area (Å²) in [4.78, 5) is 26.4. The van der Waals surface area contributed by atoms with Crippen LogP contribution in [0.4, 0.5) is 0 Å². The molecule has 0 unspecified atom stereocenters. The highest BCUT2D eigenvalue weighted by molar-refractivity contribution is 7.89. The lowest BCUT2D eigenvalue weighted by Gasteiger charge is -2.30. The quantitative estimate of drug-likeness (QED) is 0.821. The lowest BCUT2D eigenvalue weighted by atomic mass is 9.99. The van der Waals surface area contributed by atoms with Crippen molar-refractivity contribution in [3.05, 3.63) is 29.8 Å². The van der Waals surface area contributed by atoms with Gasteiger partial charge in [-0.2, -0.15) is 4.31 Å². The van der Waals surface area contributed by atoms with Crippen molar-refractivity contribution in [3.63, 3.8) is 0 Å². The average molecular weight is 394 g/mol. The van der Waals surface area contributed by atoms with Gasteiger partial charge in [-0.1, -0.05) is 6.92 Å². The summed E-state index contributed by atoms with van der Waals surface area (Å²) in [6, 6.07) is 5.89. The number of amides is 2. The van der Waals surface area contributed by atoms with Crippen molar-refractivity contribution >= 4 is 21.8 Å². The van der Waals surface area contributed by atoms with Crippen LogP contribution in [0.2, 0.25) is 0 Å². The summed E-state index contributed by atoms with van der Waals surface area (Å²) in [7, 11) is -3.49. The number of nitrogens with zero attached hydrogens (tertiary/aromatic N) is 2.